The number of nitrogens with zero attached hydrogens (tertiary/aromatic N) is 1. The summed E-state index contributed by atoms with van der Waals surface area (Å²) < 4.78 is 37.3. The Balaban J connectivity index is 1.96. The van der Waals surface area contributed by atoms with Crippen molar-refractivity contribution in [2.75, 3.05) is 0 Å². The molecule has 2 nitrogen and oxygen atoms in total. The topological polar surface area (TPSA) is 38.4 Å². The van der Waals surface area contributed by atoms with Crippen LogP contribution in [0.3, 0.4) is 0 Å². The number of aliphatic imine (C=N–C) groups is 1. The van der Waals surface area contributed by atoms with Gasteiger partial charge in [0.15, 0.2) is 0 Å². The fourth-order valence-corrected chi connectivity index (χ4v) is 2.51. The van der Waals surface area contributed by atoms with Gasteiger partial charge in [-0.2, -0.15) is 13.2 Å². The zero-order chi connectivity index (χ0) is 14.6. The number of hydrogen-bond acceptors (Lipinski definition) is 1. The number of nitrogens with two attached hydrogens (primary N) is 1. The van der Waals surface area contributed by atoms with Gasteiger partial charge in [0.1, 0.15) is 0 Å². The van der Waals surface area contributed by atoms with E-state index in [0.29, 0.717) is 18.3 Å². The Morgan fingerprint density at radius 3 is 2.25 bits per heavy atom. The maximum atomic E-state index is 12.4. The lowest BCUT2D eigenvalue weighted by molar-refractivity contribution is -0.137. The molecular weight excluding hydrogens is 265 g/mol. The predicted octanol–water partition coefficient (Wildman–Crippen LogP) is 4.14. The van der Waals surface area contributed by atoms with Crippen molar-refractivity contribution in [3.8, 4) is 0 Å². The average Bonchev–Trinajstić information content (AvgIpc) is 2.45. The molecule has 0 amide bonds. The molecule has 1 aromatic rings. The Hall–Kier alpha value is -1.52. The fraction of sp³-hybridized carbons (Fsp3) is 0.533. The summed E-state index contributed by atoms with van der Waals surface area (Å²) in [4.78, 5) is 4.32. The lowest BCUT2D eigenvalue weighted by Gasteiger charge is -2.20. The van der Waals surface area contributed by atoms with E-state index in [1.165, 1.54) is 31.4 Å². The summed E-state index contributed by atoms with van der Waals surface area (Å²) in [5, 5.41) is 0. The lowest BCUT2D eigenvalue weighted by Crippen LogP contribution is -2.25. The minimum Gasteiger partial charge on any atom is -0.387 e. The summed E-state index contributed by atoms with van der Waals surface area (Å²) in [6, 6.07) is 5.09. The van der Waals surface area contributed by atoms with E-state index in [1.807, 2.05) is 0 Å². The van der Waals surface area contributed by atoms with E-state index in [4.69, 9.17) is 5.73 Å². The average molecular weight is 284 g/mol. The Kier molecular flexibility index (Phi) is 4.68. The first-order valence-corrected chi connectivity index (χ1v) is 6.93. The van der Waals surface area contributed by atoms with Gasteiger partial charge < -0.3 is 5.73 Å². The van der Waals surface area contributed by atoms with Crippen molar-refractivity contribution in [3.63, 3.8) is 0 Å². The highest BCUT2D eigenvalue weighted by Gasteiger charge is 2.29. The van der Waals surface area contributed by atoms with E-state index in [0.717, 1.165) is 30.5 Å². The largest absolute Gasteiger partial charge is 0.416 e. The van der Waals surface area contributed by atoms with Crippen LogP contribution in [0.1, 0.15) is 43.2 Å². The maximum Gasteiger partial charge on any atom is 0.416 e. The van der Waals surface area contributed by atoms with Gasteiger partial charge in [0.05, 0.1) is 17.9 Å². The van der Waals surface area contributed by atoms with E-state index in [1.54, 1.807) is 0 Å². The molecule has 0 saturated heterocycles. The van der Waals surface area contributed by atoms with Crippen molar-refractivity contribution in [2.24, 2.45) is 16.6 Å². The van der Waals surface area contributed by atoms with Gasteiger partial charge in [0.25, 0.3) is 0 Å². The number of hydrogen-bond donors (Lipinski definition) is 1. The Bertz CT molecular complexity index is 457. The van der Waals surface area contributed by atoms with E-state index in [9.17, 15) is 13.2 Å². The molecule has 1 saturated carbocycles. The second-order valence-electron chi connectivity index (χ2n) is 5.27. The van der Waals surface area contributed by atoms with Crippen LogP contribution in [0.25, 0.3) is 0 Å². The van der Waals surface area contributed by atoms with E-state index in [2.05, 4.69) is 4.99 Å². The number of benzene rings is 1. The molecule has 2 rings (SSSR count). The molecule has 20 heavy (non-hydrogen) atoms. The Morgan fingerprint density at radius 2 is 1.70 bits per heavy atom. The summed E-state index contributed by atoms with van der Waals surface area (Å²) in [7, 11) is 0. The molecule has 0 spiro atoms. The van der Waals surface area contributed by atoms with Gasteiger partial charge in [-0.3, -0.25) is 4.99 Å². The van der Waals surface area contributed by atoms with Gasteiger partial charge in [-0.15, -0.1) is 0 Å². The third-order valence-corrected chi connectivity index (χ3v) is 3.75. The number of halogens is 3. The van der Waals surface area contributed by atoms with Crippen molar-refractivity contribution in [2.45, 2.75) is 44.8 Å². The highest BCUT2D eigenvalue weighted by atomic mass is 19.4. The van der Waals surface area contributed by atoms with Gasteiger partial charge in [-0.25, -0.2) is 0 Å². The van der Waals surface area contributed by atoms with Crippen LogP contribution in [0.4, 0.5) is 13.2 Å². The number of rotatable bonds is 3. The molecule has 1 fully saturated rings. The molecular formula is C15H19F3N2. The molecule has 2 N–H and O–H groups in total. The van der Waals surface area contributed by atoms with Crippen LogP contribution in [-0.4, -0.2) is 5.84 Å². The maximum absolute atomic E-state index is 12.4. The molecule has 0 atom stereocenters. The molecule has 1 aliphatic rings. The van der Waals surface area contributed by atoms with Crippen molar-refractivity contribution < 1.29 is 13.2 Å². The molecule has 0 radical (unpaired) electrons. The minimum absolute atomic E-state index is 0.346. The monoisotopic (exact) mass is 284 g/mol. The lowest BCUT2D eigenvalue weighted by atomic mass is 9.88. The molecule has 0 heterocycles. The van der Waals surface area contributed by atoms with Crippen LogP contribution in [0, 0.1) is 5.92 Å². The number of alkyl halides is 3. The van der Waals surface area contributed by atoms with Gasteiger partial charge in [0, 0.05) is 5.92 Å². The minimum atomic E-state index is -4.29. The molecule has 0 aliphatic heterocycles. The molecule has 1 aliphatic carbocycles. The highest BCUT2D eigenvalue weighted by molar-refractivity contribution is 5.82. The first-order valence-electron chi connectivity index (χ1n) is 6.93. The second-order valence-corrected chi connectivity index (χ2v) is 5.27. The Labute approximate surface area is 116 Å². The van der Waals surface area contributed by atoms with Crippen LogP contribution in [-0.2, 0) is 12.7 Å². The normalized spacial score (nSPS) is 18.2. The van der Waals surface area contributed by atoms with Crippen LogP contribution in [0.2, 0.25) is 0 Å². The smallest absolute Gasteiger partial charge is 0.387 e. The van der Waals surface area contributed by atoms with Gasteiger partial charge in [0.2, 0.25) is 0 Å². The zero-order valence-electron chi connectivity index (χ0n) is 11.3. The van der Waals surface area contributed by atoms with E-state index < -0.39 is 11.7 Å². The third kappa shape index (κ3) is 3.99. The summed E-state index contributed by atoms with van der Waals surface area (Å²) >= 11 is 0. The summed E-state index contributed by atoms with van der Waals surface area (Å²) in [6.45, 7) is 0.348. The fourth-order valence-electron chi connectivity index (χ4n) is 2.51. The van der Waals surface area contributed by atoms with Crippen molar-refractivity contribution in [1.82, 2.24) is 0 Å². The van der Waals surface area contributed by atoms with E-state index >= 15 is 0 Å². The first-order chi connectivity index (χ1) is 9.47. The molecule has 110 valence electrons. The van der Waals surface area contributed by atoms with Crippen LogP contribution >= 0.6 is 0 Å². The van der Waals surface area contributed by atoms with Gasteiger partial charge >= 0.3 is 6.18 Å². The van der Waals surface area contributed by atoms with Crippen molar-refractivity contribution >= 4 is 5.84 Å². The highest BCUT2D eigenvalue weighted by Crippen LogP contribution is 2.29. The van der Waals surface area contributed by atoms with E-state index in [-0.39, 0.29) is 0 Å². The van der Waals surface area contributed by atoms with Gasteiger partial charge in [-0.05, 0) is 30.5 Å². The first kappa shape index (κ1) is 14.9. The zero-order valence-corrected chi connectivity index (χ0v) is 11.3. The Morgan fingerprint density at radius 1 is 1.10 bits per heavy atom. The SMILES string of the molecule is NC(=NCc1ccc(C(F)(F)F)cc1)C1CCCCC1. The molecule has 1 aromatic carbocycles. The number of amidine groups is 1. The molecule has 0 bridgehead atoms. The quantitative estimate of drug-likeness (QED) is 0.657. The standard InChI is InChI=1S/C15H19F3N2/c16-15(17,18)13-8-6-11(7-9-13)10-20-14(19)12-4-2-1-3-5-12/h6-9,12H,1-5,10H2,(H2,19,20). The van der Waals surface area contributed by atoms with Crippen LogP contribution in [0.5, 0.6) is 0 Å². The van der Waals surface area contributed by atoms with Crippen molar-refractivity contribution in [1.29, 1.82) is 0 Å². The summed E-state index contributed by atoms with van der Waals surface area (Å²) in [5.74, 6) is 0.989. The summed E-state index contributed by atoms with van der Waals surface area (Å²) in [6.07, 6.45) is 1.47. The third-order valence-electron chi connectivity index (χ3n) is 3.75. The van der Waals surface area contributed by atoms with Gasteiger partial charge in [-0.1, -0.05) is 31.4 Å². The molecule has 0 unspecified atom stereocenters. The predicted molar refractivity (Wildman–Crippen MR) is 73.3 cm³/mol. The molecule has 0 aromatic heterocycles. The molecule has 5 heteroatoms. The van der Waals surface area contributed by atoms with Crippen LogP contribution < -0.4 is 5.73 Å². The second kappa shape index (κ2) is 6.29. The van der Waals surface area contributed by atoms with Crippen LogP contribution in [0.15, 0.2) is 29.3 Å². The summed E-state index contributed by atoms with van der Waals surface area (Å²) in [5.41, 5.74) is 6.08. The van der Waals surface area contributed by atoms with Crippen molar-refractivity contribution in [3.05, 3.63) is 35.4 Å².